The van der Waals surface area contributed by atoms with Crippen molar-refractivity contribution in [1.82, 2.24) is 5.32 Å². The van der Waals surface area contributed by atoms with Crippen LogP contribution >= 0.6 is 0 Å². The highest BCUT2D eigenvalue weighted by molar-refractivity contribution is 5.90. The highest BCUT2D eigenvalue weighted by Crippen LogP contribution is 1.98. The van der Waals surface area contributed by atoms with Crippen molar-refractivity contribution >= 4 is 23.7 Å². The maximum absolute atomic E-state index is 11.5. The number of nitrogens with two attached hydrogens (primary N) is 4. The van der Waals surface area contributed by atoms with E-state index in [9.17, 15) is 14.4 Å². The highest BCUT2D eigenvalue weighted by atomic mass is 16.2. The number of aliphatic imine (C=N–C) groups is 1. The summed E-state index contributed by atoms with van der Waals surface area (Å²) < 4.78 is 0. The molecule has 0 radical (unpaired) electrons. The van der Waals surface area contributed by atoms with Gasteiger partial charge in [-0.2, -0.15) is 0 Å². The van der Waals surface area contributed by atoms with Gasteiger partial charge in [-0.25, -0.2) is 0 Å². The van der Waals surface area contributed by atoms with Crippen LogP contribution in [-0.2, 0) is 14.4 Å². The van der Waals surface area contributed by atoms with E-state index in [0.717, 1.165) is 0 Å². The van der Waals surface area contributed by atoms with E-state index in [2.05, 4.69) is 10.3 Å². The van der Waals surface area contributed by atoms with E-state index in [-0.39, 0.29) is 24.7 Å². The Bertz CT molecular complexity index is 364. The molecule has 0 aliphatic rings. The fraction of sp³-hybridized carbons (Fsp3) is 0.600. The van der Waals surface area contributed by atoms with Gasteiger partial charge in [0.2, 0.25) is 17.7 Å². The third kappa shape index (κ3) is 9.39. The quantitative estimate of drug-likeness (QED) is 0.173. The minimum atomic E-state index is -1.07. The maximum Gasteiger partial charge on any atom is 0.240 e. The number of nitrogens with one attached hydrogen (secondary N) is 1. The Kier molecular flexibility index (Phi) is 7.66. The summed E-state index contributed by atoms with van der Waals surface area (Å²) in [6.07, 6.45) is 1.05. The van der Waals surface area contributed by atoms with Gasteiger partial charge in [-0.1, -0.05) is 0 Å². The number of amides is 3. The average molecular weight is 272 g/mol. The molecule has 0 saturated heterocycles. The molecule has 0 saturated carbocycles. The third-order valence-corrected chi connectivity index (χ3v) is 2.19. The molecule has 0 fully saturated rings. The van der Waals surface area contributed by atoms with Crippen molar-refractivity contribution < 1.29 is 14.4 Å². The molecular formula is C10H20N6O3. The second-order valence-electron chi connectivity index (χ2n) is 3.96. The Morgan fingerprint density at radius 1 is 1.05 bits per heavy atom. The lowest BCUT2D eigenvalue weighted by atomic mass is 10.1. The number of carbonyl (C=O) groups is 3. The van der Waals surface area contributed by atoms with Crippen LogP contribution in [0.1, 0.15) is 25.7 Å². The summed E-state index contributed by atoms with van der Waals surface area (Å²) in [6, 6.07) is -1.07. The lowest BCUT2D eigenvalue weighted by molar-refractivity contribution is -0.129. The first-order valence-corrected chi connectivity index (χ1v) is 5.75. The van der Waals surface area contributed by atoms with Gasteiger partial charge in [0.15, 0.2) is 5.96 Å². The lowest BCUT2D eigenvalue weighted by Crippen LogP contribution is -2.46. The monoisotopic (exact) mass is 272 g/mol. The van der Waals surface area contributed by atoms with Crippen LogP contribution in [0.4, 0.5) is 0 Å². The molecule has 1 unspecified atom stereocenters. The molecular weight excluding hydrogens is 252 g/mol. The molecule has 0 aliphatic carbocycles. The van der Waals surface area contributed by atoms with Crippen LogP contribution in [0, 0.1) is 0 Å². The van der Waals surface area contributed by atoms with Crippen LogP contribution in [0.3, 0.4) is 0 Å². The van der Waals surface area contributed by atoms with E-state index in [0.29, 0.717) is 19.4 Å². The van der Waals surface area contributed by atoms with E-state index in [1.807, 2.05) is 0 Å². The van der Waals surface area contributed by atoms with Gasteiger partial charge < -0.3 is 28.3 Å². The van der Waals surface area contributed by atoms with Crippen molar-refractivity contribution in [1.29, 1.82) is 0 Å². The van der Waals surface area contributed by atoms with Crippen LogP contribution in [0.2, 0.25) is 0 Å². The summed E-state index contributed by atoms with van der Waals surface area (Å²) in [5.74, 6) is -1.89. The smallest absolute Gasteiger partial charge is 0.240 e. The van der Waals surface area contributed by atoms with Gasteiger partial charge in [0.05, 0.1) is 6.42 Å². The average Bonchev–Trinajstić information content (AvgIpc) is 2.26. The molecule has 0 bridgehead atoms. The lowest BCUT2D eigenvalue weighted by Gasteiger charge is -2.13. The van der Waals surface area contributed by atoms with Gasteiger partial charge in [-0.3, -0.25) is 19.4 Å². The second-order valence-corrected chi connectivity index (χ2v) is 3.96. The van der Waals surface area contributed by atoms with Crippen molar-refractivity contribution in [2.24, 2.45) is 27.9 Å². The van der Waals surface area contributed by atoms with Crippen LogP contribution in [0.25, 0.3) is 0 Å². The standard InChI is InChI=1S/C10H20N6O3/c11-7(17)5-6(9(12)19)16-8(18)3-1-2-4-15-10(13)14/h6H,1-5H2,(H2,11,17)(H2,12,19)(H,16,18)(H4,13,14,15). The Morgan fingerprint density at radius 3 is 2.16 bits per heavy atom. The fourth-order valence-corrected chi connectivity index (χ4v) is 1.30. The van der Waals surface area contributed by atoms with E-state index in [1.165, 1.54) is 0 Å². The van der Waals surface area contributed by atoms with Gasteiger partial charge in [-0.05, 0) is 12.8 Å². The molecule has 9 heteroatoms. The van der Waals surface area contributed by atoms with Crippen LogP contribution in [-0.4, -0.2) is 36.3 Å². The molecule has 9 nitrogen and oxygen atoms in total. The molecule has 0 rings (SSSR count). The number of guanidine groups is 1. The zero-order chi connectivity index (χ0) is 14.8. The maximum atomic E-state index is 11.5. The first kappa shape index (κ1) is 16.7. The topological polar surface area (TPSA) is 180 Å². The van der Waals surface area contributed by atoms with E-state index >= 15 is 0 Å². The normalized spacial score (nSPS) is 11.4. The molecule has 19 heavy (non-hydrogen) atoms. The Morgan fingerprint density at radius 2 is 1.68 bits per heavy atom. The molecule has 0 aromatic rings. The van der Waals surface area contributed by atoms with Crippen LogP contribution < -0.4 is 28.3 Å². The minimum absolute atomic E-state index is 0.000276. The SMILES string of the molecule is NC(=O)CC(NC(=O)CCCCN=C(N)N)C(N)=O. The fourth-order valence-electron chi connectivity index (χ4n) is 1.30. The molecule has 3 amide bonds. The zero-order valence-corrected chi connectivity index (χ0v) is 10.6. The number of hydrogen-bond acceptors (Lipinski definition) is 4. The Hall–Kier alpha value is -2.32. The molecule has 0 heterocycles. The summed E-state index contributed by atoms with van der Waals surface area (Å²) >= 11 is 0. The summed E-state index contributed by atoms with van der Waals surface area (Å²) in [6.45, 7) is 0.427. The summed E-state index contributed by atoms with van der Waals surface area (Å²) in [7, 11) is 0. The number of rotatable bonds is 9. The zero-order valence-electron chi connectivity index (χ0n) is 10.6. The van der Waals surface area contributed by atoms with Crippen molar-refractivity contribution in [2.45, 2.75) is 31.7 Å². The number of unbranched alkanes of at least 4 members (excludes halogenated alkanes) is 1. The van der Waals surface area contributed by atoms with Gasteiger partial charge in [-0.15, -0.1) is 0 Å². The first-order chi connectivity index (χ1) is 8.82. The summed E-state index contributed by atoms with van der Waals surface area (Å²) in [4.78, 5) is 36.9. The number of primary amides is 2. The molecule has 1 atom stereocenters. The predicted octanol–water partition coefficient (Wildman–Crippen LogP) is -2.72. The molecule has 9 N–H and O–H groups in total. The molecule has 108 valence electrons. The molecule has 0 aliphatic heterocycles. The summed E-state index contributed by atoms with van der Waals surface area (Å²) in [5, 5.41) is 2.35. The molecule has 0 aromatic heterocycles. The number of nitrogens with zero attached hydrogens (tertiary/aromatic N) is 1. The first-order valence-electron chi connectivity index (χ1n) is 5.75. The molecule has 0 spiro atoms. The van der Waals surface area contributed by atoms with Gasteiger partial charge in [0, 0.05) is 13.0 Å². The van der Waals surface area contributed by atoms with Gasteiger partial charge >= 0.3 is 0 Å². The van der Waals surface area contributed by atoms with Gasteiger partial charge in [0.1, 0.15) is 6.04 Å². The molecule has 0 aromatic carbocycles. The Balaban J connectivity index is 3.97. The van der Waals surface area contributed by atoms with Crippen molar-refractivity contribution in [2.75, 3.05) is 6.54 Å². The predicted molar refractivity (Wildman–Crippen MR) is 69.5 cm³/mol. The van der Waals surface area contributed by atoms with Crippen molar-refractivity contribution in [3.63, 3.8) is 0 Å². The highest BCUT2D eigenvalue weighted by Gasteiger charge is 2.19. The largest absolute Gasteiger partial charge is 0.370 e. The third-order valence-electron chi connectivity index (χ3n) is 2.19. The minimum Gasteiger partial charge on any atom is -0.370 e. The van der Waals surface area contributed by atoms with Crippen molar-refractivity contribution in [3.8, 4) is 0 Å². The Labute approximate surface area is 110 Å². The summed E-state index contributed by atoms with van der Waals surface area (Å²) in [5.41, 5.74) is 20.2. The van der Waals surface area contributed by atoms with E-state index < -0.39 is 17.9 Å². The number of hydrogen-bond donors (Lipinski definition) is 5. The van der Waals surface area contributed by atoms with E-state index in [1.54, 1.807) is 0 Å². The van der Waals surface area contributed by atoms with Crippen molar-refractivity contribution in [3.05, 3.63) is 0 Å². The van der Waals surface area contributed by atoms with Crippen LogP contribution in [0.15, 0.2) is 4.99 Å². The van der Waals surface area contributed by atoms with Gasteiger partial charge in [0.25, 0.3) is 0 Å². The second kappa shape index (κ2) is 8.72. The van der Waals surface area contributed by atoms with E-state index in [4.69, 9.17) is 22.9 Å². The van der Waals surface area contributed by atoms with Crippen LogP contribution in [0.5, 0.6) is 0 Å². The number of carbonyl (C=O) groups excluding carboxylic acids is 3.